The summed E-state index contributed by atoms with van der Waals surface area (Å²) in [6.45, 7) is 2.39. The predicted octanol–water partition coefficient (Wildman–Crippen LogP) is 1.23. The summed E-state index contributed by atoms with van der Waals surface area (Å²) >= 11 is 0. The Morgan fingerprint density at radius 2 is 1.90 bits per heavy atom. The number of carbonyl (C=O) groups excluding carboxylic acids is 1. The number of likely N-dealkylation sites (N-methyl/N-ethyl adjacent to an activating group) is 1. The predicted molar refractivity (Wildman–Crippen MR) is 80.7 cm³/mol. The summed E-state index contributed by atoms with van der Waals surface area (Å²) in [5.41, 5.74) is 0. The van der Waals surface area contributed by atoms with Gasteiger partial charge >= 0.3 is 0 Å². The number of nitrogens with one attached hydrogen (secondary N) is 1. The van der Waals surface area contributed by atoms with E-state index in [1.165, 1.54) is 26.3 Å². The molecule has 1 aromatic carbocycles. The van der Waals surface area contributed by atoms with Crippen LogP contribution in [0.2, 0.25) is 0 Å². The SMILES string of the molecule is CCCCNC(=O)CN(C)S(=O)(=O)c1ccc(OC)cc1. The molecule has 6 nitrogen and oxygen atoms in total. The van der Waals surface area contributed by atoms with Gasteiger partial charge < -0.3 is 10.1 Å². The average Bonchev–Trinajstić information content (AvgIpc) is 2.47. The first-order valence-electron chi connectivity index (χ1n) is 6.79. The molecule has 1 aromatic rings. The van der Waals surface area contributed by atoms with Crippen molar-refractivity contribution in [1.29, 1.82) is 0 Å². The fraction of sp³-hybridized carbons (Fsp3) is 0.500. The summed E-state index contributed by atoms with van der Waals surface area (Å²) in [4.78, 5) is 11.8. The smallest absolute Gasteiger partial charge is 0.243 e. The highest BCUT2D eigenvalue weighted by molar-refractivity contribution is 7.89. The molecule has 21 heavy (non-hydrogen) atoms. The van der Waals surface area contributed by atoms with Crippen LogP contribution in [0.3, 0.4) is 0 Å². The minimum Gasteiger partial charge on any atom is -0.497 e. The molecule has 0 aromatic heterocycles. The lowest BCUT2D eigenvalue weighted by Gasteiger charge is -2.17. The number of unbranched alkanes of at least 4 members (excludes halogenated alkanes) is 1. The molecule has 0 radical (unpaired) electrons. The van der Waals surface area contributed by atoms with Crippen molar-refractivity contribution in [1.82, 2.24) is 9.62 Å². The third-order valence-corrected chi connectivity index (χ3v) is 4.80. The first-order chi connectivity index (χ1) is 9.91. The van der Waals surface area contributed by atoms with E-state index >= 15 is 0 Å². The van der Waals surface area contributed by atoms with Crippen molar-refractivity contribution < 1.29 is 17.9 Å². The number of hydrogen-bond acceptors (Lipinski definition) is 4. The molecule has 1 N–H and O–H groups in total. The van der Waals surface area contributed by atoms with E-state index in [1.54, 1.807) is 12.1 Å². The highest BCUT2D eigenvalue weighted by Crippen LogP contribution is 2.18. The van der Waals surface area contributed by atoms with Gasteiger partial charge in [-0.15, -0.1) is 0 Å². The fourth-order valence-electron chi connectivity index (χ4n) is 1.68. The summed E-state index contributed by atoms with van der Waals surface area (Å²) in [6, 6.07) is 6.06. The molecular formula is C14H22N2O4S. The summed E-state index contributed by atoms with van der Waals surface area (Å²) in [5.74, 6) is 0.275. The summed E-state index contributed by atoms with van der Waals surface area (Å²) in [7, 11) is -0.775. The summed E-state index contributed by atoms with van der Waals surface area (Å²) < 4.78 is 30.6. The Morgan fingerprint density at radius 3 is 2.43 bits per heavy atom. The average molecular weight is 314 g/mol. The van der Waals surface area contributed by atoms with Gasteiger partial charge in [-0.1, -0.05) is 13.3 Å². The maximum Gasteiger partial charge on any atom is 0.243 e. The van der Waals surface area contributed by atoms with Crippen LogP contribution in [-0.2, 0) is 14.8 Å². The topological polar surface area (TPSA) is 75.7 Å². The number of sulfonamides is 1. The standard InChI is InChI=1S/C14H22N2O4S/c1-4-5-10-15-14(17)11-16(2)21(18,19)13-8-6-12(20-3)7-9-13/h6-9H,4-5,10-11H2,1-3H3,(H,15,17). The van der Waals surface area contributed by atoms with Gasteiger partial charge in [0, 0.05) is 13.6 Å². The van der Waals surface area contributed by atoms with Gasteiger partial charge in [0.15, 0.2) is 0 Å². The maximum absolute atomic E-state index is 12.3. The van der Waals surface area contributed by atoms with Gasteiger partial charge in [0.25, 0.3) is 0 Å². The van der Waals surface area contributed by atoms with Gasteiger partial charge in [0.1, 0.15) is 5.75 Å². The van der Waals surface area contributed by atoms with E-state index in [0.29, 0.717) is 12.3 Å². The van der Waals surface area contributed by atoms with Crippen LogP contribution < -0.4 is 10.1 Å². The number of methoxy groups -OCH3 is 1. The molecule has 0 unspecified atom stereocenters. The number of benzene rings is 1. The van der Waals surface area contributed by atoms with Crippen molar-refractivity contribution >= 4 is 15.9 Å². The monoisotopic (exact) mass is 314 g/mol. The van der Waals surface area contributed by atoms with Crippen molar-refractivity contribution in [3.05, 3.63) is 24.3 Å². The van der Waals surface area contributed by atoms with Gasteiger partial charge in [-0.05, 0) is 30.7 Å². The van der Waals surface area contributed by atoms with E-state index < -0.39 is 10.0 Å². The zero-order valence-electron chi connectivity index (χ0n) is 12.6. The second-order valence-corrected chi connectivity index (χ2v) is 6.69. The van der Waals surface area contributed by atoms with E-state index in [1.807, 2.05) is 6.92 Å². The molecule has 0 bridgehead atoms. The first kappa shape index (κ1) is 17.5. The fourth-order valence-corrected chi connectivity index (χ4v) is 2.80. The van der Waals surface area contributed by atoms with Gasteiger partial charge in [0.2, 0.25) is 15.9 Å². The molecule has 7 heteroatoms. The lowest BCUT2D eigenvalue weighted by atomic mass is 10.3. The number of carbonyl (C=O) groups is 1. The quantitative estimate of drug-likeness (QED) is 0.732. The normalized spacial score (nSPS) is 11.4. The molecule has 0 spiro atoms. The molecule has 0 saturated carbocycles. The number of rotatable bonds is 8. The Hall–Kier alpha value is -1.60. The first-order valence-corrected chi connectivity index (χ1v) is 8.23. The molecule has 1 rings (SSSR count). The zero-order valence-corrected chi connectivity index (χ0v) is 13.4. The number of amides is 1. The van der Waals surface area contributed by atoms with Crippen LogP contribution >= 0.6 is 0 Å². The third kappa shape index (κ3) is 5.02. The summed E-state index contributed by atoms with van der Waals surface area (Å²) in [6.07, 6.45) is 1.85. The summed E-state index contributed by atoms with van der Waals surface area (Å²) in [5, 5.41) is 2.69. The van der Waals surface area contributed by atoms with Crippen LogP contribution in [0.5, 0.6) is 5.75 Å². The van der Waals surface area contributed by atoms with Crippen LogP contribution in [0, 0.1) is 0 Å². The molecule has 0 heterocycles. The molecule has 0 aliphatic carbocycles. The Labute approximate surface area is 126 Å². The Balaban J connectivity index is 2.70. The lowest BCUT2D eigenvalue weighted by molar-refractivity contribution is -0.121. The molecule has 1 amide bonds. The molecule has 0 fully saturated rings. The lowest BCUT2D eigenvalue weighted by Crippen LogP contribution is -2.38. The zero-order chi connectivity index (χ0) is 15.9. The van der Waals surface area contributed by atoms with E-state index in [0.717, 1.165) is 17.1 Å². The van der Waals surface area contributed by atoms with Crippen LogP contribution in [0.15, 0.2) is 29.2 Å². The minimum absolute atomic E-state index is 0.132. The van der Waals surface area contributed by atoms with Gasteiger partial charge in [-0.2, -0.15) is 4.31 Å². The van der Waals surface area contributed by atoms with E-state index in [2.05, 4.69) is 5.32 Å². The Kier molecular flexibility index (Phi) is 6.64. The van der Waals surface area contributed by atoms with E-state index in [-0.39, 0.29) is 17.3 Å². The Bertz CT molecular complexity index is 555. The van der Waals surface area contributed by atoms with E-state index in [4.69, 9.17) is 4.74 Å². The van der Waals surface area contributed by atoms with Crippen LogP contribution in [0.4, 0.5) is 0 Å². The largest absolute Gasteiger partial charge is 0.497 e. The molecule has 0 saturated heterocycles. The Morgan fingerprint density at radius 1 is 1.29 bits per heavy atom. The van der Waals surface area contributed by atoms with Gasteiger partial charge in [0.05, 0.1) is 18.6 Å². The van der Waals surface area contributed by atoms with Crippen molar-refractivity contribution in [2.24, 2.45) is 0 Å². The molecule has 0 aliphatic rings. The van der Waals surface area contributed by atoms with Crippen molar-refractivity contribution in [3.63, 3.8) is 0 Å². The van der Waals surface area contributed by atoms with Gasteiger partial charge in [-0.25, -0.2) is 8.42 Å². The highest BCUT2D eigenvalue weighted by atomic mass is 32.2. The van der Waals surface area contributed by atoms with Crippen LogP contribution in [0.1, 0.15) is 19.8 Å². The van der Waals surface area contributed by atoms with Crippen molar-refractivity contribution in [3.8, 4) is 5.75 Å². The second-order valence-electron chi connectivity index (χ2n) is 4.64. The number of nitrogens with zero attached hydrogens (tertiary/aromatic N) is 1. The third-order valence-electron chi connectivity index (χ3n) is 2.99. The van der Waals surface area contributed by atoms with Crippen molar-refractivity contribution in [2.75, 3.05) is 27.2 Å². The molecule has 118 valence electrons. The molecule has 0 aliphatic heterocycles. The molecular weight excluding hydrogens is 292 g/mol. The minimum atomic E-state index is -3.67. The highest BCUT2D eigenvalue weighted by Gasteiger charge is 2.22. The number of ether oxygens (including phenoxy) is 1. The van der Waals surface area contributed by atoms with Crippen LogP contribution in [0.25, 0.3) is 0 Å². The van der Waals surface area contributed by atoms with E-state index in [9.17, 15) is 13.2 Å². The number of hydrogen-bond donors (Lipinski definition) is 1. The second kappa shape index (κ2) is 7.99. The molecule has 0 atom stereocenters. The van der Waals surface area contributed by atoms with Crippen molar-refractivity contribution in [2.45, 2.75) is 24.7 Å². The maximum atomic E-state index is 12.3. The van der Waals surface area contributed by atoms with Gasteiger partial charge in [-0.3, -0.25) is 4.79 Å². The van der Waals surface area contributed by atoms with Crippen LogP contribution in [-0.4, -0.2) is 45.9 Å².